The van der Waals surface area contributed by atoms with Crippen LogP contribution in [0.25, 0.3) is 0 Å². The number of hydrogen-bond acceptors (Lipinski definition) is 15. The second-order valence-electron chi connectivity index (χ2n) is 9.43. The summed E-state index contributed by atoms with van der Waals surface area (Å²) in [7, 11) is -1.87. The van der Waals surface area contributed by atoms with Crippen LogP contribution in [-0.2, 0) is 66.4 Å². The van der Waals surface area contributed by atoms with Crippen LogP contribution >= 0.6 is 0 Å². The first-order valence-corrected chi connectivity index (χ1v) is 17.5. The van der Waals surface area contributed by atoms with Crippen molar-refractivity contribution in [2.45, 2.75) is 4.90 Å². The van der Waals surface area contributed by atoms with E-state index in [2.05, 4.69) is 5.32 Å². The number of rotatable bonds is 38. The molecule has 0 saturated heterocycles. The Bertz CT molecular complexity index is 869. The Labute approximate surface area is 280 Å². The summed E-state index contributed by atoms with van der Waals surface area (Å²) in [5.41, 5.74) is 0. The Morgan fingerprint density at radius 1 is 0.404 bits per heavy atom. The zero-order valence-electron chi connectivity index (χ0n) is 28.0. The first-order valence-electron chi connectivity index (χ1n) is 16.1. The van der Waals surface area contributed by atoms with Crippen molar-refractivity contribution in [3.63, 3.8) is 0 Å². The minimum absolute atomic E-state index is 0.0584. The van der Waals surface area contributed by atoms with Crippen molar-refractivity contribution >= 4 is 10.1 Å². The van der Waals surface area contributed by atoms with Crippen molar-refractivity contribution in [2.75, 3.05) is 166 Å². The molecule has 0 atom stereocenters. The van der Waals surface area contributed by atoms with Gasteiger partial charge < -0.3 is 57.4 Å². The fourth-order valence-electron chi connectivity index (χ4n) is 3.33. The minimum atomic E-state index is -3.76. The van der Waals surface area contributed by atoms with Crippen molar-refractivity contribution in [1.82, 2.24) is 5.32 Å². The summed E-state index contributed by atoms with van der Waals surface area (Å²) in [6.45, 7) is 11.3. The van der Waals surface area contributed by atoms with Gasteiger partial charge in [0.15, 0.2) is 0 Å². The van der Waals surface area contributed by atoms with Gasteiger partial charge in [0.05, 0.1) is 157 Å². The van der Waals surface area contributed by atoms with Crippen molar-refractivity contribution in [1.29, 1.82) is 0 Å². The number of hydrogen-bond donors (Lipinski definition) is 1. The lowest BCUT2D eigenvalue weighted by Crippen LogP contribution is -2.17. The summed E-state index contributed by atoms with van der Waals surface area (Å²) in [5, 5.41) is 3.01. The lowest BCUT2D eigenvalue weighted by Gasteiger charge is -2.09. The zero-order valence-corrected chi connectivity index (χ0v) is 28.8. The van der Waals surface area contributed by atoms with Crippen LogP contribution in [0.4, 0.5) is 0 Å². The van der Waals surface area contributed by atoms with E-state index < -0.39 is 10.1 Å². The smallest absolute Gasteiger partial charge is 0.297 e. The number of benzene rings is 1. The largest absolute Gasteiger partial charge is 0.378 e. The molecule has 0 aliphatic carbocycles. The van der Waals surface area contributed by atoms with Gasteiger partial charge in [-0.3, -0.25) is 4.18 Å². The zero-order chi connectivity index (χ0) is 33.8. The monoisotopic (exact) mass is 699 g/mol. The third-order valence-electron chi connectivity index (χ3n) is 5.71. The van der Waals surface area contributed by atoms with Gasteiger partial charge in [-0.2, -0.15) is 8.42 Å². The molecule has 0 bridgehead atoms. The van der Waals surface area contributed by atoms with E-state index in [1.165, 1.54) is 12.1 Å². The summed E-state index contributed by atoms with van der Waals surface area (Å²) >= 11 is 0. The van der Waals surface area contributed by atoms with E-state index >= 15 is 0 Å². The molecule has 0 unspecified atom stereocenters. The van der Waals surface area contributed by atoms with Crippen LogP contribution in [0.2, 0.25) is 0 Å². The number of nitrogens with one attached hydrogen (secondary N) is 1. The summed E-state index contributed by atoms with van der Waals surface area (Å²) in [6, 6.07) is 7.98. The highest BCUT2D eigenvalue weighted by atomic mass is 32.2. The highest BCUT2D eigenvalue weighted by Gasteiger charge is 2.13. The summed E-state index contributed by atoms with van der Waals surface area (Å²) in [4.78, 5) is 0.120. The molecule has 0 spiro atoms. The maximum Gasteiger partial charge on any atom is 0.297 e. The second-order valence-corrected chi connectivity index (χ2v) is 11.0. The Kier molecular flexibility index (Phi) is 32.1. The molecule has 276 valence electrons. The van der Waals surface area contributed by atoms with Crippen molar-refractivity contribution in [3.05, 3.63) is 30.3 Å². The van der Waals surface area contributed by atoms with Crippen molar-refractivity contribution in [3.8, 4) is 0 Å². The predicted octanol–water partition coefficient (Wildman–Crippen LogP) is 0.794. The molecule has 1 aromatic carbocycles. The summed E-state index contributed by atoms with van der Waals surface area (Å²) in [6.07, 6.45) is 0. The van der Waals surface area contributed by atoms with E-state index in [1.807, 2.05) is 7.05 Å². The lowest BCUT2D eigenvalue weighted by atomic mass is 10.4. The Hall–Kier alpha value is -1.35. The SMILES string of the molecule is CNCCOCCOCCOCCOCCOCCOCCOCCOCCOCCOCCOCCOS(=O)(=O)c1ccccc1. The van der Waals surface area contributed by atoms with E-state index in [9.17, 15) is 8.42 Å². The molecule has 1 N–H and O–H groups in total. The topological polar surface area (TPSA) is 157 Å². The normalized spacial score (nSPS) is 11.9. The van der Waals surface area contributed by atoms with Crippen LogP contribution in [0.5, 0.6) is 0 Å². The Morgan fingerprint density at radius 2 is 0.660 bits per heavy atom. The van der Waals surface area contributed by atoms with Crippen LogP contribution in [0.3, 0.4) is 0 Å². The molecule has 0 saturated carbocycles. The average molecular weight is 700 g/mol. The molecule has 47 heavy (non-hydrogen) atoms. The van der Waals surface area contributed by atoms with Crippen LogP contribution < -0.4 is 5.32 Å². The fraction of sp³-hybridized carbons (Fsp3) is 0.806. The molecule has 16 heteroatoms. The molecule has 0 fully saturated rings. The van der Waals surface area contributed by atoms with E-state index in [-0.39, 0.29) is 18.1 Å². The van der Waals surface area contributed by atoms with Gasteiger partial charge in [0, 0.05) is 6.54 Å². The van der Waals surface area contributed by atoms with Gasteiger partial charge in [-0.15, -0.1) is 0 Å². The van der Waals surface area contributed by atoms with Gasteiger partial charge in [0.25, 0.3) is 10.1 Å². The van der Waals surface area contributed by atoms with Gasteiger partial charge in [0.2, 0.25) is 0 Å². The average Bonchev–Trinajstić information content (AvgIpc) is 3.08. The summed E-state index contributed by atoms with van der Waals surface area (Å²) < 4.78 is 88.5. The van der Waals surface area contributed by atoms with Gasteiger partial charge in [0.1, 0.15) is 0 Å². The van der Waals surface area contributed by atoms with E-state index in [1.54, 1.807) is 18.2 Å². The highest BCUT2D eigenvalue weighted by molar-refractivity contribution is 7.86. The minimum Gasteiger partial charge on any atom is -0.378 e. The highest BCUT2D eigenvalue weighted by Crippen LogP contribution is 2.10. The van der Waals surface area contributed by atoms with Crippen LogP contribution in [0.1, 0.15) is 0 Å². The Morgan fingerprint density at radius 3 is 0.936 bits per heavy atom. The van der Waals surface area contributed by atoms with E-state index in [0.717, 1.165) is 6.54 Å². The first kappa shape index (κ1) is 43.7. The molecule has 0 radical (unpaired) electrons. The number of ether oxygens (including phenoxy) is 11. The molecular weight excluding hydrogens is 642 g/mol. The molecule has 15 nitrogen and oxygen atoms in total. The molecular formula is C31H57NO14S. The maximum absolute atomic E-state index is 12.0. The van der Waals surface area contributed by atoms with Gasteiger partial charge in [-0.05, 0) is 19.2 Å². The van der Waals surface area contributed by atoms with Crippen molar-refractivity contribution in [2.24, 2.45) is 0 Å². The number of likely N-dealkylation sites (N-methyl/N-ethyl adjacent to an activating group) is 1. The molecule has 1 rings (SSSR count). The molecule has 1 aromatic rings. The van der Waals surface area contributed by atoms with E-state index in [4.69, 9.17) is 56.3 Å². The van der Waals surface area contributed by atoms with Gasteiger partial charge in [-0.1, -0.05) is 18.2 Å². The van der Waals surface area contributed by atoms with Crippen molar-refractivity contribution < 1.29 is 64.7 Å². The van der Waals surface area contributed by atoms with Crippen LogP contribution in [-0.4, -0.2) is 174 Å². The Balaban J connectivity index is 1.65. The van der Waals surface area contributed by atoms with Crippen LogP contribution in [0.15, 0.2) is 35.2 Å². The predicted molar refractivity (Wildman–Crippen MR) is 173 cm³/mol. The third-order valence-corrected chi connectivity index (χ3v) is 7.04. The maximum atomic E-state index is 12.0. The molecule has 0 aliphatic rings. The van der Waals surface area contributed by atoms with E-state index in [0.29, 0.717) is 139 Å². The van der Waals surface area contributed by atoms with Gasteiger partial charge in [-0.25, -0.2) is 0 Å². The standard InChI is InChI=1S/C31H57NO14S/c1-32-7-8-35-9-10-36-11-12-37-13-14-38-15-16-39-17-18-40-19-20-41-21-22-42-23-24-43-25-26-44-27-28-45-29-30-46-47(33,34)31-5-3-2-4-6-31/h2-6,32H,7-30H2,1H3. The van der Waals surface area contributed by atoms with Gasteiger partial charge >= 0.3 is 0 Å². The first-order chi connectivity index (χ1) is 23.2. The summed E-state index contributed by atoms with van der Waals surface area (Å²) in [5.74, 6) is 0. The molecule has 0 amide bonds. The molecule has 0 aromatic heterocycles. The lowest BCUT2D eigenvalue weighted by molar-refractivity contribution is -0.0276. The fourth-order valence-corrected chi connectivity index (χ4v) is 4.25. The third kappa shape index (κ3) is 30.4. The molecule has 0 aliphatic heterocycles. The van der Waals surface area contributed by atoms with Crippen LogP contribution in [0, 0.1) is 0 Å². The quantitative estimate of drug-likeness (QED) is 0.0763. The second kappa shape index (κ2) is 34.5. The molecule has 0 heterocycles.